The van der Waals surface area contributed by atoms with Crippen molar-refractivity contribution in [3.05, 3.63) is 41.0 Å². The number of benzene rings is 1. The molecule has 2 nitrogen and oxygen atoms in total. The third-order valence-electron chi connectivity index (χ3n) is 6.79. The number of phenols is 1. The van der Waals surface area contributed by atoms with Crippen molar-refractivity contribution in [2.75, 3.05) is 0 Å². The van der Waals surface area contributed by atoms with Crippen LogP contribution in [0, 0.1) is 17.3 Å². The topological polar surface area (TPSA) is 37.3 Å². The summed E-state index contributed by atoms with van der Waals surface area (Å²) in [4.78, 5) is 12.6. The van der Waals surface area contributed by atoms with E-state index in [1.165, 1.54) is 31.2 Å². The number of allylic oxidation sites excluding steroid dienone is 2. The van der Waals surface area contributed by atoms with Crippen LogP contribution in [0.25, 0.3) is 0 Å². The predicted molar refractivity (Wildman–Crippen MR) is 87.1 cm³/mol. The quantitative estimate of drug-likeness (QED) is 0.696. The van der Waals surface area contributed by atoms with Gasteiger partial charge in [0.2, 0.25) is 0 Å². The van der Waals surface area contributed by atoms with Gasteiger partial charge < -0.3 is 5.11 Å². The summed E-state index contributed by atoms with van der Waals surface area (Å²) >= 11 is 0. The normalized spacial score (nSPS) is 38.5. The average molecular weight is 296 g/mol. The molecule has 0 bridgehead atoms. The molecule has 0 heterocycles. The first-order valence-corrected chi connectivity index (χ1v) is 8.56. The van der Waals surface area contributed by atoms with Crippen LogP contribution in [0.15, 0.2) is 29.8 Å². The summed E-state index contributed by atoms with van der Waals surface area (Å²) in [7, 11) is 0. The molecule has 2 fully saturated rings. The summed E-state index contributed by atoms with van der Waals surface area (Å²) in [5.74, 6) is 2.07. The Bertz CT molecular complexity index is 672. The number of ketones is 1. The van der Waals surface area contributed by atoms with Gasteiger partial charge in [-0.05, 0) is 73.5 Å². The molecule has 4 rings (SSSR count). The van der Waals surface area contributed by atoms with Gasteiger partial charge in [-0.25, -0.2) is 0 Å². The zero-order valence-electron chi connectivity index (χ0n) is 13.4. The van der Waals surface area contributed by atoms with E-state index in [2.05, 4.69) is 19.9 Å². The summed E-state index contributed by atoms with van der Waals surface area (Å²) < 4.78 is 0. The van der Waals surface area contributed by atoms with E-state index in [9.17, 15) is 9.90 Å². The van der Waals surface area contributed by atoms with Crippen LogP contribution in [-0.2, 0) is 0 Å². The molecule has 0 radical (unpaired) electrons. The molecule has 1 aromatic rings. The van der Waals surface area contributed by atoms with Gasteiger partial charge in [0, 0.05) is 12.0 Å². The molecule has 0 saturated heterocycles. The smallest absolute Gasteiger partial charge is 0.163 e. The molecule has 22 heavy (non-hydrogen) atoms. The SMILES string of the molecule is CC=C1CC[C@H]2[C@@H]3CC(=O)c4cc(O)ccc4[C@H]3CC[C@]12C. The van der Waals surface area contributed by atoms with Crippen LogP contribution in [0.5, 0.6) is 5.75 Å². The highest BCUT2D eigenvalue weighted by Gasteiger charge is 2.53. The maximum Gasteiger partial charge on any atom is 0.163 e. The molecule has 0 spiro atoms. The van der Waals surface area contributed by atoms with Crippen LogP contribution in [-0.4, -0.2) is 10.9 Å². The minimum atomic E-state index is 0.211. The number of phenolic OH excluding ortho intramolecular Hbond substituents is 1. The highest BCUT2D eigenvalue weighted by Crippen LogP contribution is 2.62. The Morgan fingerprint density at radius 1 is 1.32 bits per heavy atom. The molecule has 4 atom stereocenters. The monoisotopic (exact) mass is 296 g/mol. The lowest BCUT2D eigenvalue weighted by atomic mass is 9.55. The molecule has 0 aromatic heterocycles. The highest BCUT2D eigenvalue weighted by molar-refractivity contribution is 5.99. The third-order valence-corrected chi connectivity index (χ3v) is 6.79. The summed E-state index contributed by atoms with van der Waals surface area (Å²) in [6.45, 7) is 4.59. The second-order valence-electron chi connectivity index (χ2n) is 7.58. The van der Waals surface area contributed by atoms with Crippen molar-refractivity contribution >= 4 is 5.78 Å². The zero-order chi connectivity index (χ0) is 15.5. The summed E-state index contributed by atoms with van der Waals surface area (Å²) in [5.41, 5.74) is 3.88. The number of hydrogen-bond acceptors (Lipinski definition) is 2. The number of hydrogen-bond donors (Lipinski definition) is 1. The van der Waals surface area contributed by atoms with Gasteiger partial charge in [-0.3, -0.25) is 4.79 Å². The summed E-state index contributed by atoms with van der Waals surface area (Å²) in [6, 6.07) is 5.41. The Morgan fingerprint density at radius 2 is 2.14 bits per heavy atom. The van der Waals surface area contributed by atoms with E-state index in [1.54, 1.807) is 17.7 Å². The van der Waals surface area contributed by atoms with Gasteiger partial charge >= 0.3 is 0 Å². The van der Waals surface area contributed by atoms with Gasteiger partial charge in [-0.15, -0.1) is 0 Å². The molecule has 116 valence electrons. The highest BCUT2D eigenvalue weighted by atomic mass is 16.3. The lowest BCUT2D eigenvalue weighted by Crippen LogP contribution is -2.41. The predicted octanol–water partition coefficient (Wildman–Crippen LogP) is 4.83. The summed E-state index contributed by atoms with van der Waals surface area (Å²) in [6.07, 6.45) is 7.82. The van der Waals surface area contributed by atoms with Crippen molar-refractivity contribution in [2.45, 2.75) is 51.9 Å². The Kier molecular flexibility index (Phi) is 3.01. The molecule has 1 N–H and O–H groups in total. The lowest BCUT2D eigenvalue weighted by Gasteiger charge is -2.49. The van der Waals surface area contributed by atoms with Crippen molar-refractivity contribution < 1.29 is 9.90 Å². The number of rotatable bonds is 0. The van der Waals surface area contributed by atoms with Crippen LogP contribution >= 0.6 is 0 Å². The first-order chi connectivity index (χ1) is 10.5. The standard InChI is InChI=1S/C20H24O2/c1-3-12-4-7-18-16-11-19(22)17-10-13(21)5-6-14(17)15(16)8-9-20(12,18)2/h3,5-6,10,15-16,18,21H,4,7-9,11H2,1-2H3/t15-,16-,18+,20-/m1/s1. The molecule has 3 aliphatic carbocycles. The zero-order valence-corrected chi connectivity index (χ0v) is 13.4. The largest absolute Gasteiger partial charge is 0.508 e. The van der Waals surface area contributed by atoms with Crippen molar-refractivity contribution in [3.63, 3.8) is 0 Å². The second kappa shape index (κ2) is 4.71. The second-order valence-corrected chi connectivity index (χ2v) is 7.58. The Morgan fingerprint density at radius 3 is 2.91 bits per heavy atom. The molecule has 2 saturated carbocycles. The molecule has 1 aromatic carbocycles. The van der Waals surface area contributed by atoms with Gasteiger partial charge in [-0.2, -0.15) is 0 Å². The number of fused-ring (bicyclic) bond motifs is 5. The van der Waals surface area contributed by atoms with Crippen molar-refractivity contribution in [1.29, 1.82) is 0 Å². The minimum Gasteiger partial charge on any atom is -0.508 e. The van der Waals surface area contributed by atoms with Gasteiger partial charge in [0.1, 0.15) is 5.75 Å². The van der Waals surface area contributed by atoms with Crippen molar-refractivity contribution in [2.24, 2.45) is 17.3 Å². The molecular formula is C20H24O2. The van der Waals surface area contributed by atoms with Gasteiger partial charge in [0.15, 0.2) is 5.78 Å². The van der Waals surface area contributed by atoms with Gasteiger partial charge in [0.05, 0.1) is 0 Å². The minimum absolute atomic E-state index is 0.211. The van der Waals surface area contributed by atoms with Gasteiger partial charge in [-0.1, -0.05) is 24.6 Å². The van der Waals surface area contributed by atoms with E-state index in [0.717, 1.165) is 5.56 Å². The molecule has 0 unspecified atom stereocenters. The molecular weight excluding hydrogens is 272 g/mol. The van der Waals surface area contributed by atoms with E-state index < -0.39 is 0 Å². The van der Waals surface area contributed by atoms with E-state index >= 15 is 0 Å². The van der Waals surface area contributed by atoms with Crippen LogP contribution in [0.1, 0.15) is 67.8 Å². The van der Waals surface area contributed by atoms with Gasteiger partial charge in [0.25, 0.3) is 0 Å². The fraction of sp³-hybridized carbons (Fsp3) is 0.550. The molecule has 2 heteroatoms. The van der Waals surface area contributed by atoms with Crippen LogP contribution < -0.4 is 0 Å². The third kappa shape index (κ3) is 1.76. The lowest BCUT2D eigenvalue weighted by molar-refractivity contribution is 0.0652. The summed E-state index contributed by atoms with van der Waals surface area (Å²) in [5, 5.41) is 9.70. The van der Waals surface area contributed by atoms with E-state index in [-0.39, 0.29) is 11.5 Å². The van der Waals surface area contributed by atoms with Crippen LogP contribution in [0.4, 0.5) is 0 Å². The maximum absolute atomic E-state index is 12.6. The average Bonchev–Trinajstić information content (AvgIpc) is 2.84. The van der Waals surface area contributed by atoms with Crippen molar-refractivity contribution in [1.82, 2.24) is 0 Å². The number of Topliss-reactive ketones (excluding diaryl/α,β-unsaturated/α-hetero) is 1. The molecule has 0 amide bonds. The maximum atomic E-state index is 12.6. The number of aromatic hydroxyl groups is 1. The van der Waals surface area contributed by atoms with E-state index in [0.29, 0.717) is 29.6 Å². The Labute approximate surface area is 132 Å². The first kappa shape index (κ1) is 14.0. The molecule has 0 aliphatic heterocycles. The van der Waals surface area contributed by atoms with Crippen LogP contribution in [0.3, 0.4) is 0 Å². The Hall–Kier alpha value is -1.57. The van der Waals surface area contributed by atoms with Crippen LogP contribution in [0.2, 0.25) is 0 Å². The Balaban J connectivity index is 1.77. The van der Waals surface area contributed by atoms with E-state index in [4.69, 9.17) is 0 Å². The number of carbonyl (C=O) groups is 1. The van der Waals surface area contributed by atoms with E-state index in [1.807, 2.05) is 6.07 Å². The fourth-order valence-electron chi connectivity index (χ4n) is 5.71. The van der Waals surface area contributed by atoms with Crippen molar-refractivity contribution in [3.8, 4) is 5.75 Å². The number of carbonyl (C=O) groups excluding carboxylic acids is 1. The molecule has 3 aliphatic rings. The first-order valence-electron chi connectivity index (χ1n) is 8.56. The fourth-order valence-corrected chi connectivity index (χ4v) is 5.71.